The Bertz CT molecular complexity index is 422. The molecule has 23 heavy (non-hydrogen) atoms. The number of aliphatic hydroxyl groups excluding tert-OH is 1. The number of β-amino-alcohol motifs (C(OH)–C–C–N with tert-alkyl or cyclic N) is 1. The van der Waals surface area contributed by atoms with E-state index in [1.165, 1.54) is 18.5 Å². The molecule has 0 spiro atoms. The molecule has 2 rings (SSSR count). The fourth-order valence-electron chi connectivity index (χ4n) is 3.71. The molecule has 1 N–H and O–H groups in total. The number of hydrogen-bond donors (Lipinski definition) is 1. The van der Waals surface area contributed by atoms with E-state index < -0.39 is 0 Å². The molecule has 1 fully saturated rings. The Balaban J connectivity index is 1.86. The molecule has 0 saturated carbocycles. The number of nitrogens with zero attached hydrogens (tertiary/aromatic N) is 3. The number of carbonyl (C=O) groups excluding carboxylic acids is 1. The Kier molecular flexibility index (Phi) is 7.06. The van der Waals surface area contributed by atoms with E-state index in [-0.39, 0.29) is 12.0 Å². The van der Waals surface area contributed by atoms with Gasteiger partial charge in [-0.05, 0) is 46.5 Å². The average molecular weight is 323 g/mol. The highest BCUT2D eigenvalue weighted by Gasteiger charge is 2.27. The second-order valence-corrected chi connectivity index (χ2v) is 7.01. The van der Waals surface area contributed by atoms with Crippen molar-refractivity contribution in [1.29, 1.82) is 0 Å². The van der Waals surface area contributed by atoms with E-state index >= 15 is 0 Å². The summed E-state index contributed by atoms with van der Waals surface area (Å²) >= 11 is 0. The van der Waals surface area contributed by atoms with Crippen molar-refractivity contribution in [3.05, 3.63) is 11.8 Å². The molecule has 1 saturated heterocycles. The minimum absolute atomic E-state index is 0.233. The van der Waals surface area contributed by atoms with Crippen molar-refractivity contribution in [1.82, 2.24) is 14.7 Å². The highest BCUT2D eigenvalue weighted by atomic mass is 16.3. The van der Waals surface area contributed by atoms with Crippen LogP contribution in [0, 0.1) is 0 Å². The zero-order valence-corrected chi connectivity index (χ0v) is 15.0. The number of amides is 1. The van der Waals surface area contributed by atoms with Crippen LogP contribution in [0.1, 0.15) is 46.5 Å². The lowest BCUT2D eigenvalue weighted by molar-refractivity contribution is -0.131. The molecule has 0 bridgehead atoms. The number of carbonyl (C=O) groups is 1. The van der Waals surface area contributed by atoms with Gasteiger partial charge >= 0.3 is 0 Å². The van der Waals surface area contributed by atoms with Crippen LogP contribution in [0.5, 0.6) is 0 Å². The molecule has 1 amide bonds. The molecule has 0 unspecified atom stereocenters. The van der Waals surface area contributed by atoms with Crippen molar-refractivity contribution in [3.8, 4) is 0 Å². The standard InChI is InChI=1S/C18H33N3O2/c1-4-21(17-8-6-5-7-9-17)18(23)14-19-10-11-20(13-16(3)22)15(2)12-19/h8,15-16,22H,4-7,9-14H2,1-3H3/t15-,16-/m1/s1. The maximum atomic E-state index is 12.7. The SMILES string of the molecule is CCN(C(=O)CN1CCN(C[C@@H](C)O)[C@H](C)C1)C1=CCCCC1. The van der Waals surface area contributed by atoms with E-state index in [0.29, 0.717) is 12.6 Å². The van der Waals surface area contributed by atoms with Crippen molar-refractivity contribution >= 4 is 5.91 Å². The molecule has 1 aliphatic carbocycles. The van der Waals surface area contributed by atoms with Gasteiger partial charge in [-0.2, -0.15) is 0 Å². The molecule has 0 aromatic carbocycles. The molecular weight excluding hydrogens is 290 g/mol. The predicted octanol–water partition coefficient (Wildman–Crippen LogP) is 1.68. The maximum absolute atomic E-state index is 12.7. The van der Waals surface area contributed by atoms with Crippen LogP contribution in [0.25, 0.3) is 0 Å². The first-order chi connectivity index (χ1) is 11.0. The topological polar surface area (TPSA) is 47.0 Å². The normalized spacial score (nSPS) is 25.0. The highest BCUT2D eigenvalue weighted by molar-refractivity contribution is 5.80. The predicted molar refractivity (Wildman–Crippen MR) is 93.1 cm³/mol. The quantitative estimate of drug-likeness (QED) is 0.808. The average Bonchev–Trinajstić information content (AvgIpc) is 2.51. The summed E-state index contributed by atoms with van der Waals surface area (Å²) in [4.78, 5) is 19.2. The van der Waals surface area contributed by atoms with Gasteiger partial charge in [0, 0.05) is 44.5 Å². The minimum atomic E-state index is -0.292. The molecule has 0 radical (unpaired) electrons. The van der Waals surface area contributed by atoms with Crippen LogP contribution in [-0.2, 0) is 4.79 Å². The smallest absolute Gasteiger partial charge is 0.240 e. The number of aliphatic hydroxyl groups is 1. The minimum Gasteiger partial charge on any atom is -0.392 e. The second kappa shape index (κ2) is 8.81. The van der Waals surface area contributed by atoms with E-state index in [4.69, 9.17) is 0 Å². The zero-order chi connectivity index (χ0) is 16.8. The maximum Gasteiger partial charge on any atom is 0.240 e. The fourth-order valence-corrected chi connectivity index (χ4v) is 3.71. The summed E-state index contributed by atoms with van der Waals surface area (Å²) in [6.07, 6.45) is 6.54. The Morgan fingerprint density at radius 3 is 2.78 bits per heavy atom. The number of hydrogen-bond acceptors (Lipinski definition) is 4. The third-order valence-corrected chi connectivity index (χ3v) is 4.94. The molecule has 0 aromatic heterocycles. The van der Waals surface area contributed by atoms with Crippen LogP contribution < -0.4 is 0 Å². The van der Waals surface area contributed by atoms with Gasteiger partial charge in [0.25, 0.3) is 0 Å². The van der Waals surface area contributed by atoms with Crippen LogP contribution in [0.2, 0.25) is 0 Å². The third-order valence-electron chi connectivity index (χ3n) is 4.94. The van der Waals surface area contributed by atoms with Crippen LogP contribution in [0.3, 0.4) is 0 Å². The van der Waals surface area contributed by atoms with Crippen molar-refractivity contribution in [2.45, 2.75) is 58.6 Å². The summed E-state index contributed by atoms with van der Waals surface area (Å²) in [5, 5.41) is 9.56. The van der Waals surface area contributed by atoms with Gasteiger partial charge in [-0.15, -0.1) is 0 Å². The Hall–Kier alpha value is -0.910. The van der Waals surface area contributed by atoms with Gasteiger partial charge in [-0.3, -0.25) is 14.6 Å². The van der Waals surface area contributed by atoms with Crippen LogP contribution >= 0.6 is 0 Å². The zero-order valence-electron chi connectivity index (χ0n) is 15.0. The Morgan fingerprint density at radius 1 is 1.43 bits per heavy atom. The van der Waals surface area contributed by atoms with Crippen molar-refractivity contribution in [2.75, 3.05) is 39.3 Å². The molecule has 2 aliphatic rings. The molecule has 1 aliphatic heterocycles. The van der Waals surface area contributed by atoms with Gasteiger partial charge in [0.15, 0.2) is 0 Å². The molecule has 0 aromatic rings. The van der Waals surface area contributed by atoms with Crippen molar-refractivity contribution in [2.24, 2.45) is 0 Å². The van der Waals surface area contributed by atoms with Crippen LogP contribution in [-0.4, -0.2) is 77.1 Å². The summed E-state index contributed by atoms with van der Waals surface area (Å²) in [6, 6.07) is 0.384. The number of rotatable bonds is 6. The molecule has 5 heteroatoms. The molecule has 1 heterocycles. The summed E-state index contributed by atoms with van der Waals surface area (Å²) in [7, 11) is 0. The molecule has 2 atom stereocenters. The molecular formula is C18H33N3O2. The summed E-state index contributed by atoms with van der Waals surface area (Å²) < 4.78 is 0. The van der Waals surface area contributed by atoms with Crippen LogP contribution in [0.4, 0.5) is 0 Å². The van der Waals surface area contributed by atoms with E-state index in [1.54, 1.807) is 0 Å². The van der Waals surface area contributed by atoms with Crippen molar-refractivity contribution in [3.63, 3.8) is 0 Å². The van der Waals surface area contributed by atoms with E-state index in [9.17, 15) is 9.90 Å². The van der Waals surface area contributed by atoms with Gasteiger partial charge in [0.1, 0.15) is 0 Å². The van der Waals surface area contributed by atoms with Gasteiger partial charge in [0.2, 0.25) is 5.91 Å². The lowest BCUT2D eigenvalue weighted by Crippen LogP contribution is -2.55. The van der Waals surface area contributed by atoms with E-state index in [1.807, 2.05) is 11.8 Å². The lowest BCUT2D eigenvalue weighted by Gasteiger charge is -2.40. The summed E-state index contributed by atoms with van der Waals surface area (Å²) in [6.45, 7) is 10.8. The summed E-state index contributed by atoms with van der Waals surface area (Å²) in [5.74, 6) is 0.233. The first-order valence-corrected chi connectivity index (χ1v) is 9.15. The third kappa shape index (κ3) is 5.30. The van der Waals surface area contributed by atoms with Gasteiger partial charge < -0.3 is 10.0 Å². The first kappa shape index (κ1) is 18.4. The van der Waals surface area contributed by atoms with Crippen LogP contribution in [0.15, 0.2) is 11.8 Å². The Labute approximate surface area is 140 Å². The number of piperazine rings is 1. The first-order valence-electron chi connectivity index (χ1n) is 9.15. The van der Waals surface area contributed by atoms with E-state index in [0.717, 1.165) is 45.6 Å². The number of likely N-dealkylation sites (N-methyl/N-ethyl adjacent to an activating group) is 1. The molecule has 5 nitrogen and oxygen atoms in total. The molecule has 132 valence electrons. The second-order valence-electron chi connectivity index (χ2n) is 7.01. The number of allylic oxidation sites excluding steroid dienone is 2. The Morgan fingerprint density at radius 2 is 2.22 bits per heavy atom. The highest BCUT2D eigenvalue weighted by Crippen LogP contribution is 2.21. The summed E-state index contributed by atoms with van der Waals surface area (Å²) in [5.41, 5.74) is 1.23. The lowest BCUT2D eigenvalue weighted by atomic mass is 10.0. The fraction of sp³-hybridized carbons (Fsp3) is 0.833. The van der Waals surface area contributed by atoms with Gasteiger partial charge in [-0.1, -0.05) is 6.08 Å². The van der Waals surface area contributed by atoms with Gasteiger partial charge in [0.05, 0.1) is 12.6 Å². The van der Waals surface area contributed by atoms with Gasteiger partial charge in [-0.25, -0.2) is 0 Å². The monoisotopic (exact) mass is 323 g/mol. The largest absolute Gasteiger partial charge is 0.392 e. The van der Waals surface area contributed by atoms with E-state index in [2.05, 4.69) is 29.7 Å². The van der Waals surface area contributed by atoms with Crippen molar-refractivity contribution < 1.29 is 9.90 Å².